The molecule has 0 fully saturated rings. The topological polar surface area (TPSA) is 12.5 Å². The van der Waals surface area contributed by atoms with Crippen LogP contribution in [-0.4, -0.2) is 25.2 Å². The van der Waals surface area contributed by atoms with Crippen molar-refractivity contribution in [3.05, 3.63) is 83.9 Å². The molecule has 2 aromatic carbocycles. The standard InChI is InChI=1S/C19H21NO/c1-21-15-19(17-11-6-3-7-12-17)20-14-8-13-18(20)16-9-4-2-5-10-16/h2-13,18-19H,14-15H2,1H3/t18-,19+/m1/s1. The molecule has 1 aliphatic heterocycles. The fourth-order valence-electron chi connectivity index (χ4n) is 3.03. The van der Waals surface area contributed by atoms with Gasteiger partial charge < -0.3 is 4.74 Å². The zero-order valence-electron chi connectivity index (χ0n) is 12.4. The molecule has 3 rings (SSSR count). The Hall–Kier alpha value is -1.90. The van der Waals surface area contributed by atoms with Gasteiger partial charge in [-0.3, -0.25) is 4.90 Å². The maximum atomic E-state index is 5.49. The minimum atomic E-state index is 0.274. The highest BCUT2D eigenvalue weighted by Gasteiger charge is 2.29. The van der Waals surface area contributed by atoms with Crippen LogP contribution in [-0.2, 0) is 4.74 Å². The third kappa shape index (κ3) is 3.07. The van der Waals surface area contributed by atoms with Gasteiger partial charge in [-0.2, -0.15) is 0 Å². The first-order valence-corrected chi connectivity index (χ1v) is 7.41. The largest absolute Gasteiger partial charge is 0.383 e. The molecule has 0 N–H and O–H groups in total. The molecule has 21 heavy (non-hydrogen) atoms. The summed E-state index contributed by atoms with van der Waals surface area (Å²) in [5.74, 6) is 0. The molecule has 0 unspecified atom stereocenters. The number of rotatable bonds is 5. The van der Waals surface area contributed by atoms with E-state index in [0.29, 0.717) is 12.6 Å². The van der Waals surface area contributed by atoms with Crippen LogP contribution in [0.25, 0.3) is 0 Å². The molecule has 0 spiro atoms. The van der Waals surface area contributed by atoms with E-state index in [2.05, 4.69) is 77.7 Å². The molecule has 2 aromatic rings. The Morgan fingerprint density at radius 2 is 1.71 bits per heavy atom. The van der Waals surface area contributed by atoms with Crippen LogP contribution in [0.4, 0.5) is 0 Å². The van der Waals surface area contributed by atoms with Gasteiger partial charge >= 0.3 is 0 Å². The predicted molar refractivity (Wildman–Crippen MR) is 86.1 cm³/mol. The van der Waals surface area contributed by atoms with Gasteiger partial charge in [0.05, 0.1) is 18.7 Å². The Bertz CT molecular complexity index is 579. The third-order valence-electron chi connectivity index (χ3n) is 4.04. The Kier molecular flexibility index (Phi) is 4.49. The zero-order valence-corrected chi connectivity index (χ0v) is 12.4. The SMILES string of the molecule is COC[C@@H](c1ccccc1)N1CC=C[C@@H]1c1ccccc1. The molecule has 0 radical (unpaired) electrons. The van der Waals surface area contributed by atoms with Crippen molar-refractivity contribution in [2.24, 2.45) is 0 Å². The lowest BCUT2D eigenvalue weighted by Gasteiger charge is -2.33. The van der Waals surface area contributed by atoms with E-state index in [1.165, 1.54) is 11.1 Å². The Labute approximate surface area is 126 Å². The first-order valence-electron chi connectivity index (χ1n) is 7.41. The molecular weight excluding hydrogens is 258 g/mol. The molecule has 0 amide bonds. The van der Waals surface area contributed by atoms with Crippen molar-refractivity contribution in [3.8, 4) is 0 Å². The van der Waals surface area contributed by atoms with Gasteiger partial charge in [-0.05, 0) is 11.1 Å². The van der Waals surface area contributed by atoms with Crippen molar-refractivity contribution in [1.29, 1.82) is 0 Å². The van der Waals surface area contributed by atoms with Crippen molar-refractivity contribution in [3.63, 3.8) is 0 Å². The van der Waals surface area contributed by atoms with Crippen LogP contribution in [0.3, 0.4) is 0 Å². The fourth-order valence-corrected chi connectivity index (χ4v) is 3.03. The van der Waals surface area contributed by atoms with Crippen molar-refractivity contribution >= 4 is 0 Å². The number of hydrogen-bond acceptors (Lipinski definition) is 2. The van der Waals surface area contributed by atoms with Crippen LogP contribution in [0, 0.1) is 0 Å². The van der Waals surface area contributed by atoms with Gasteiger partial charge in [0.25, 0.3) is 0 Å². The normalized spacial score (nSPS) is 19.8. The van der Waals surface area contributed by atoms with E-state index in [4.69, 9.17) is 4.74 Å². The maximum absolute atomic E-state index is 5.49. The molecule has 0 aromatic heterocycles. The van der Waals surface area contributed by atoms with Gasteiger partial charge in [-0.25, -0.2) is 0 Å². The van der Waals surface area contributed by atoms with Gasteiger partial charge in [-0.15, -0.1) is 0 Å². The minimum absolute atomic E-state index is 0.274. The molecule has 0 bridgehead atoms. The molecule has 2 nitrogen and oxygen atoms in total. The van der Waals surface area contributed by atoms with Crippen molar-refractivity contribution in [2.75, 3.05) is 20.3 Å². The van der Waals surface area contributed by atoms with Crippen molar-refractivity contribution in [1.82, 2.24) is 4.90 Å². The number of hydrogen-bond donors (Lipinski definition) is 0. The molecule has 0 aliphatic carbocycles. The van der Waals surface area contributed by atoms with Crippen LogP contribution in [0.15, 0.2) is 72.8 Å². The first kappa shape index (κ1) is 14.1. The maximum Gasteiger partial charge on any atom is 0.0660 e. The molecule has 108 valence electrons. The van der Waals surface area contributed by atoms with E-state index in [1.807, 2.05) is 0 Å². The second-order valence-electron chi connectivity index (χ2n) is 5.36. The summed E-state index contributed by atoms with van der Waals surface area (Å²) in [4.78, 5) is 2.49. The number of nitrogens with zero attached hydrogens (tertiary/aromatic N) is 1. The van der Waals surface area contributed by atoms with E-state index in [9.17, 15) is 0 Å². The van der Waals surface area contributed by atoms with Gasteiger partial charge in [0.2, 0.25) is 0 Å². The quantitative estimate of drug-likeness (QED) is 0.767. The first-order chi connectivity index (χ1) is 10.4. The second-order valence-corrected chi connectivity index (χ2v) is 5.36. The van der Waals surface area contributed by atoms with E-state index >= 15 is 0 Å². The van der Waals surface area contributed by atoms with Crippen LogP contribution in [0.2, 0.25) is 0 Å². The summed E-state index contributed by atoms with van der Waals surface area (Å²) in [6, 6.07) is 21.9. The average Bonchev–Trinajstić information content (AvgIpc) is 3.03. The monoisotopic (exact) mass is 279 g/mol. The number of benzene rings is 2. The summed E-state index contributed by atoms with van der Waals surface area (Å²) in [5.41, 5.74) is 2.65. The van der Waals surface area contributed by atoms with Crippen LogP contribution < -0.4 is 0 Å². The predicted octanol–water partition coefficient (Wildman–Crippen LogP) is 3.99. The van der Waals surface area contributed by atoms with E-state index in [0.717, 1.165) is 6.54 Å². The summed E-state index contributed by atoms with van der Waals surface area (Å²) in [6.07, 6.45) is 4.55. The molecule has 1 aliphatic rings. The summed E-state index contributed by atoms with van der Waals surface area (Å²) >= 11 is 0. The lowest BCUT2D eigenvalue weighted by molar-refractivity contribution is 0.0869. The average molecular weight is 279 g/mol. The van der Waals surface area contributed by atoms with Crippen LogP contribution in [0.5, 0.6) is 0 Å². The zero-order chi connectivity index (χ0) is 14.5. The summed E-state index contributed by atoms with van der Waals surface area (Å²) in [6.45, 7) is 1.66. The molecule has 0 saturated carbocycles. The van der Waals surface area contributed by atoms with E-state index < -0.39 is 0 Å². The van der Waals surface area contributed by atoms with Crippen LogP contribution >= 0.6 is 0 Å². The molecule has 2 heteroatoms. The number of ether oxygens (including phenoxy) is 1. The molecule has 0 saturated heterocycles. The summed E-state index contributed by atoms with van der Waals surface area (Å²) in [7, 11) is 1.77. The number of methoxy groups -OCH3 is 1. The lowest BCUT2D eigenvalue weighted by Crippen LogP contribution is -2.31. The van der Waals surface area contributed by atoms with Gasteiger partial charge in [-0.1, -0.05) is 72.8 Å². The fraction of sp³-hybridized carbons (Fsp3) is 0.263. The molecule has 2 atom stereocenters. The third-order valence-corrected chi connectivity index (χ3v) is 4.04. The lowest BCUT2D eigenvalue weighted by atomic mass is 10.0. The highest BCUT2D eigenvalue weighted by atomic mass is 16.5. The smallest absolute Gasteiger partial charge is 0.0660 e. The molecule has 1 heterocycles. The van der Waals surface area contributed by atoms with E-state index in [-0.39, 0.29) is 6.04 Å². The summed E-state index contributed by atoms with van der Waals surface area (Å²) < 4.78 is 5.49. The van der Waals surface area contributed by atoms with Crippen molar-refractivity contribution in [2.45, 2.75) is 12.1 Å². The van der Waals surface area contributed by atoms with Gasteiger partial charge in [0.1, 0.15) is 0 Å². The van der Waals surface area contributed by atoms with Gasteiger partial charge in [0, 0.05) is 13.7 Å². The highest BCUT2D eigenvalue weighted by Crippen LogP contribution is 2.34. The van der Waals surface area contributed by atoms with Gasteiger partial charge in [0.15, 0.2) is 0 Å². The van der Waals surface area contributed by atoms with Crippen molar-refractivity contribution < 1.29 is 4.74 Å². The second kappa shape index (κ2) is 6.70. The minimum Gasteiger partial charge on any atom is -0.383 e. The Morgan fingerprint density at radius 3 is 2.38 bits per heavy atom. The Morgan fingerprint density at radius 1 is 1.05 bits per heavy atom. The van der Waals surface area contributed by atoms with Crippen LogP contribution in [0.1, 0.15) is 23.2 Å². The highest BCUT2D eigenvalue weighted by molar-refractivity contribution is 5.28. The summed E-state index contributed by atoms with van der Waals surface area (Å²) in [5, 5.41) is 0. The van der Waals surface area contributed by atoms with E-state index in [1.54, 1.807) is 7.11 Å². The molecular formula is C19H21NO. The Balaban J connectivity index is 1.89.